The Morgan fingerprint density at radius 1 is 1.17 bits per heavy atom. The van der Waals surface area contributed by atoms with Crippen LogP contribution in [-0.4, -0.2) is 63.1 Å². The van der Waals surface area contributed by atoms with Crippen molar-refractivity contribution in [3.8, 4) is 0 Å². The Kier molecular flexibility index (Phi) is 6.13. The number of benzene rings is 1. The number of amides is 1. The summed E-state index contributed by atoms with van der Waals surface area (Å²) in [4.78, 5) is 18.9. The maximum atomic E-state index is 12.9. The number of nitrogens with zero attached hydrogens (tertiary/aromatic N) is 3. The molecule has 1 aliphatic carbocycles. The monoisotopic (exact) mass is 413 g/mol. The molecule has 6 heteroatoms. The van der Waals surface area contributed by atoms with Gasteiger partial charge in [0, 0.05) is 0 Å². The topological polar surface area (TPSA) is 26.8 Å². The van der Waals surface area contributed by atoms with E-state index in [1.165, 1.54) is 12.8 Å². The minimum absolute atomic E-state index is 0. The zero-order valence-electron chi connectivity index (χ0n) is 14.4. The van der Waals surface area contributed by atoms with Gasteiger partial charge in [0.2, 0.25) is 0 Å². The van der Waals surface area contributed by atoms with E-state index in [2.05, 4.69) is 44.7 Å². The van der Waals surface area contributed by atoms with Gasteiger partial charge in [0.15, 0.2) is 0 Å². The van der Waals surface area contributed by atoms with Gasteiger partial charge in [-0.25, -0.2) is 0 Å². The molecule has 2 fully saturated rings. The molecular formula is C18H24ClN3OSe. The van der Waals surface area contributed by atoms with Gasteiger partial charge in [-0.1, -0.05) is 0 Å². The van der Waals surface area contributed by atoms with Crippen LogP contribution in [0.1, 0.15) is 31.2 Å². The normalized spacial score (nSPS) is 20.0. The second-order valence-corrected chi connectivity index (χ2v) is 7.24. The summed E-state index contributed by atoms with van der Waals surface area (Å²) in [6, 6.07) is 8.61. The van der Waals surface area contributed by atoms with E-state index in [1.807, 2.05) is 37.0 Å². The van der Waals surface area contributed by atoms with Crippen LogP contribution >= 0.6 is 12.4 Å². The first-order valence-electron chi connectivity index (χ1n) is 8.09. The summed E-state index contributed by atoms with van der Waals surface area (Å²) in [6.07, 6.45) is 6.63. The molecule has 1 saturated heterocycles. The molecule has 0 spiro atoms. The number of rotatable bonds is 3. The predicted octanol–water partition coefficient (Wildman–Crippen LogP) is 2.49. The standard InChI is InChI=1S/C18H23N3OSe.ClH/c1-19(2)14-10-8-13(9-11-14)12-16-17(22)21(18(23)20(16)3)15-6-4-5-7-15;/h8-12,15H,4-7H2,1-3H3;1H. The van der Waals surface area contributed by atoms with Crippen molar-refractivity contribution in [2.45, 2.75) is 31.7 Å². The van der Waals surface area contributed by atoms with Crippen molar-refractivity contribution in [1.29, 1.82) is 0 Å². The number of carbonyl (C=O) groups excluding carboxylic acids is 1. The third kappa shape index (κ3) is 3.53. The van der Waals surface area contributed by atoms with Crippen molar-refractivity contribution in [3.63, 3.8) is 0 Å². The van der Waals surface area contributed by atoms with E-state index < -0.39 is 0 Å². The fraction of sp³-hybridized carbons (Fsp3) is 0.444. The average molecular weight is 413 g/mol. The number of likely N-dealkylation sites (N-methyl/N-ethyl adjacent to an activating group) is 1. The minimum Gasteiger partial charge on any atom is -0.147 e. The molecule has 0 radical (unpaired) electrons. The van der Waals surface area contributed by atoms with Crippen molar-refractivity contribution in [3.05, 3.63) is 35.5 Å². The molecule has 0 atom stereocenters. The molecule has 1 saturated carbocycles. The number of hydrogen-bond acceptors (Lipinski definition) is 3. The Morgan fingerprint density at radius 2 is 1.75 bits per heavy atom. The van der Waals surface area contributed by atoms with Crippen molar-refractivity contribution < 1.29 is 4.79 Å². The summed E-state index contributed by atoms with van der Waals surface area (Å²) < 4.78 is 0.929. The van der Waals surface area contributed by atoms with Crippen LogP contribution in [0.15, 0.2) is 30.0 Å². The van der Waals surface area contributed by atoms with Crippen LogP contribution in [0.5, 0.6) is 0 Å². The molecule has 0 bridgehead atoms. The Labute approximate surface area is 158 Å². The third-order valence-electron chi connectivity index (χ3n) is 4.70. The van der Waals surface area contributed by atoms with Crippen LogP contribution < -0.4 is 4.90 Å². The molecule has 1 heterocycles. The van der Waals surface area contributed by atoms with Gasteiger partial charge in [-0.05, 0) is 0 Å². The number of carbonyl (C=O) groups is 1. The molecular weight excluding hydrogens is 389 g/mol. The smallest absolute Gasteiger partial charge is 0.147 e. The van der Waals surface area contributed by atoms with Crippen molar-refractivity contribution in [2.75, 3.05) is 26.0 Å². The molecule has 0 unspecified atom stereocenters. The number of halogens is 1. The molecule has 4 nitrogen and oxygen atoms in total. The van der Waals surface area contributed by atoms with Crippen molar-refractivity contribution >= 4 is 50.3 Å². The third-order valence-corrected chi connectivity index (χ3v) is 5.68. The Hall–Kier alpha value is -1.29. The summed E-state index contributed by atoms with van der Waals surface area (Å²) in [5, 5.41) is 0. The summed E-state index contributed by atoms with van der Waals surface area (Å²) >= 11 is 3.09. The van der Waals surface area contributed by atoms with Gasteiger partial charge in [-0.3, -0.25) is 0 Å². The molecule has 1 aromatic carbocycles. The van der Waals surface area contributed by atoms with E-state index in [-0.39, 0.29) is 18.3 Å². The van der Waals surface area contributed by atoms with Gasteiger partial charge < -0.3 is 0 Å². The molecule has 130 valence electrons. The Bertz CT molecular complexity index is 651. The zero-order chi connectivity index (χ0) is 16.6. The molecule has 0 N–H and O–H groups in total. The van der Waals surface area contributed by atoms with Gasteiger partial charge in [0.1, 0.15) is 0 Å². The van der Waals surface area contributed by atoms with E-state index >= 15 is 0 Å². The summed E-state index contributed by atoms with van der Waals surface area (Å²) in [6.45, 7) is 0. The van der Waals surface area contributed by atoms with Crippen LogP contribution in [0.2, 0.25) is 0 Å². The second kappa shape index (κ2) is 7.73. The van der Waals surface area contributed by atoms with Gasteiger partial charge in [-0.2, -0.15) is 0 Å². The van der Waals surface area contributed by atoms with Crippen molar-refractivity contribution in [2.24, 2.45) is 0 Å². The van der Waals surface area contributed by atoms with Crippen LogP contribution in [0.25, 0.3) is 6.08 Å². The first-order chi connectivity index (χ1) is 11.0. The quantitative estimate of drug-likeness (QED) is 0.564. The molecule has 2 aliphatic rings. The van der Waals surface area contributed by atoms with Gasteiger partial charge in [0.05, 0.1) is 0 Å². The van der Waals surface area contributed by atoms with Gasteiger partial charge >= 0.3 is 146 Å². The Morgan fingerprint density at radius 3 is 2.29 bits per heavy atom. The van der Waals surface area contributed by atoms with E-state index in [4.69, 9.17) is 0 Å². The van der Waals surface area contributed by atoms with Crippen LogP contribution in [0.3, 0.4) is 0 Å². The van der Waals surface area contributed by atoms with E-state index in [9.17, 15) is 4.79 Å². The maximum Gasteiger partial charge on any atom is -0.147 e. The fourth-order valence-corrected chi connectivity index (χ4v) is 3.98. The average Bonchev–Trinajstić information content (AvgIpc) is 3.12. The molecule has 3 rings (SSSR count). The van der Waals surface area contributed by atoms with E-state index in [0.717, 1.165) is 34.5 Å². The summed E-state index contributed by atoms with van der Waals surface area (Å²) in [5.74, 6) is 0.116. The molecule has 0 aromatic heterocycles. The summed E-state index contributed by atoms with van der Waals surface area (Å²) in [5.41, 5.74) is 2.94. The van der Waals surface area contributed by atoms with Crippen LogP contribution in [0, 0.1) is 0 Å². The van der Waals surface area contributed by atoms with E-state index in [1.54, 1.807) is 0 Å². The number of hydrogen-bond donors (Lipinski definition) is 0. The van der Waals surface area contributed by atoms with Crippen LogP contribution in [0.4, 0.5) is 5.69 Å². The largest absolute Gasteiger partial charge is 0.147 e. The summed E-state index contributed by atoms with van der Waals surface area (Å²) in [7, 11) is 6.00. The molecule has 1 aliphatic heterocycles. The number of anilines is 1. The SMILES string of the molecule is CN1C(=[Se])N(C2CCCC2)C(=O)C1=Cc1ccc(N(C)C)cc1.Cl. The first kappa shape index (κ1) is 19.0. The second-order valence-electron chi connectivity index (χ2n) is 6.47. The predicted molar refractivity (Wildman–Crippen MR) is 104 cm³/mol. The first-order valence-corrected chi connectivity index (χ1v) is 8.95. The molecule has 24 heavy (non-hydrogen) atoms. The van der Waals surface area contributed by atoms with Gasteiger partial charge in [-0.15, -0.1) is 12.4 Å². The van der Waals surface area contributed by atoms with Gasteiger partial charge in [0.25, 0.3) is 0 Å². The Balaban J connectivity index is 0.00000208. The van der Waals surface area contributed by atoms with E-state index in [0.29, 0.717) is 6.04 Å². The fourth-order valence-electron chi connectivity index (χ4n) is 3.29. The molecule has 1 amide bonds. The maximum absolute atomic E-state index is 12.9. The molecule has 1 aromatic rings. The van der Waals surface area contributed by atoms with Crippen LogP contribution in [-0.2, 0) is 4.79 Å². The minimum atomic E-state index is 0. The zero-order valence-corrected chi connectivity index (χ0v) is 16.9. The van der Waals surface area contributed by atoms with Crippen molar-refractivity contribution in [1.82, 2.24) is 9.80 Å².